The summed E-state index contributed by atoms with van der Waals surface area (Å²) in [5, 5.41) is 5.96. The first-order valence-corrected chi connectivity index (χ1v) is 5.03. The average Bonchev–Trinajstić information content (AvgIpc) is 2.21. The first-order chi connectivity index (χ1) is 7.36. The van der Waals surface area contributed by atoms with Crippen molar-refractivity contribution in [2.24, 2.45) is 5.73 Å². The third-order valence-electron chi connectivity index (χ3n) is 2.01. The molecule has 0 aliphatic rings. The molecule has 0 fully saturated rings. The SMILES string of the molecule is CNc1ncc(Cl)c(NC(C)(C)C(N)=O)n1. The highest BCUT2D eigenvalue weighted by atomic mass is 35.5. The highest BCUT2D eigenvalue weighted by molar-refractivity contribution is 6.32. The van der Waals surface area contributed by atoms with E-state index in [1.54, 1.807) is 20.9 Å². The summed E-state index contributed by atoms with van der Waals surface area (Å²) in [4.78, 5) is 19.2. The number of nitrogens with zero attached hydrogens (tertiary/aromatic N) is 2. The van der Waals surface area contributed by atoms with Crippen LogP contribution in [0.25, 0.3) is 0 Å². The van der Waals surface area contributed by atoms with E-state index in [1.807, 2.05) is 0 Å². The molecule has 0 atom stereocenters. The van der Waals surface area contributed by atoms with Gasteiger partial charge >= 0.3 is 0 Å². The van der Waals surface area contributed by atoms with Gasteiger partial charge in [0.15, 0.2) is 5.82 Å². The summed E-state index contributed by atoms with van der Waals surface area (Å²) in [7, 11) is 1.69. The number of aromatic nitrogens is 2. The topological polar surface area (TPSA) is 92.9 Å². The first-order valence-electron chi connectivity index (χ1n) is 4.65. The zero-order valence-corrected chi connectivity index (χ0v) is 10.1. The molecule has 7 heteroatoms. The third-order valence-corrected chi connectivity index (χ3v) is 2.29. The quantitative estimate of drug-likeness (QED) is 0.729. The molecule has 0 saturated heterocycles. The standard InChI is InChI=1S/C9H14ClN5O/c1-9(2,7(11)16)15-6-5(10)4-13-8(12-3)14-6/h4H,1-3H3,(H2,11,16)(H2,12,13,14,15). The number of nitrogens with one attached hydrogen (secondary N) is 2. The zero-order chi connectivity index (χ0) is 12.3. The number of carbonyl (C=O) groups excluding carboxylic acids is 1. The fourth-order valence-corrected chi connectivity index (χ4v) is 1.07. The molecule has 1 rings (SSSR count). The summed E-state index contributed by atoms with van der Waals surface area (Å²) in [6, 6.07) is 0. The van der Waals surface area contributed by atoms with E-state index >= 15 is 0 Å². The number of hydrogen-bond acceptors (Lipinski definition) is 5. The molecule has 0 saturated carbocycles. The van der Waals surface area contributed by atoms with Gasteiger partial charge in [-0.05, 0) is 13.8 Å². The maximum absolute atomic E-state index is 11.1. The van der Waals surface area contributed by atoms with Crippen molar-refractivity contribution in [2.45, 2.75) is 19.4 Å². The monoisotopic (exact) mass is 243 g/mol. The van der Waals surface area contributed by atoms with Crippen LogP contribution < -0.4 is 16.4 Å². The highest BCUT2D eigenvalue weighted by Crippen LogP contribution is 2.22. The fourth-order valence-electron chi connectivity index (χ4n) is 0.933. The Morgan fingerprint density at radius 1 is 1.56 bits per heavy atom. The van der Waals surface area contributed by atoms with Crippen molar-refractivity contribution in [3.05, 3.63) is 11.2 Å². The molecule has 0 aliphatic heterocycles. The molecule has 1 heterocycles. The Balaban J connectivity index is 3.00. The molecule has 0 aliphatic carbocycles. The van der Waals surface area contributed by atoms with Crippen molar-refractivity contribution in [2.75, 3.05) is 17.7 Å². The number of primary amides is 1. The van der Waals surface area contributed by atoms with Crippen LogP contribution in [0.4, 0.5) is 11.8 Å². The molecule has 88 valence electrons. The highest BCUT2D eigenvalue weighted by Gasteiger charge is 2.26. The zero-order valence-electron chi connectivity index (χ0n) is 9.34. The normalized spacial score (nSPS) is 11.0. The second-order valence-electron chi connectivity index (χ2n) is 3.75. The van der Waals surface area contributed by atoms with Crippen molar-refractivity contribution in [1.29, 1.82) is 0 Å². The molecule has 0 spiro atoms. The minimum Gasteiger partial charge on any atom is -0.368 e. The maximum atomic E-state index is 11.1. The Morgan fingerprint density at radius 3 is 2.69 bits per heavy atom. The van der Waals surface area contributed by atoms with E-state index in [9.17, 15) is 4.79 Å². The third kappa shape index (κ3) is 2.73. The number of anilines is 2. The van der Waals surface area contributed by atoms with Crippen LogP contribution in [0.5, 0.6) is 0 Å². The van der Waals surface area contributed by atoms with Gasteiger partial charge in [-0.15, -0.1) is 0 Å². The van der Waals surface area contributed by atoms with E-state index in [0.717, 1.165) is 0 Å². The van der Waals surface area contributed by atoms with Gasteiger partial charge in [0.25, 0.3) is 0 Å². The molecule has 1 amide bonds. The maximum Gasteiger partial charge on any atom is 0.242 e. The number of rotatable bonds is 4. The van der Waals surface area contributed by atoms with Gasteiger partial charge in [0.1, 0.15) is 10.6 Å². The summed E-state index contributed by atoms with van der Waals surface area (Å²) in [6.45, 7) is 3.29. The molecule has 16 heavy (non-hydrogen) atoms. The van der Waals surface area contributed by atoms with Gasteiger partial charge in [0.05, 0.1) is 6.20 Å². The molecular formula is C9H14ClN5O. The van der Waals surface area contributed by atoms with Crippen LogP contribution in [-0.4, -0.2) is 28.5 Å². The van der Waals surface area contributed by atoms with Crippen LogP contribution in [0, 0.1) is 0 Å². The molecule has 1 aromatic rings. The van der Waals surface area contributed by atoms with Gasteiger partial charge in [-0.2, -0.15) is 4.98 Å². The number of carbonyl (C=O) groups is 1. The van der Waals surface area contributed by atoms with Crippen molar-refractivity contribution in [3.8, 4) is 0 Å². The summed E-state index contributed by atoms with van der Waals surface area (Å²) >= 11 is 5.90. The lowest BCUT2D eigenvalue weighted by atomic mass is 10.1. The predicted molar refractivity (Wildman–Crippen MR) is 63.5 cm³/mol. The lowest BCUT2D eigenvalue weighted by Crippen LogP contribution is -2.45. The number of hydrogen-bond donors (Lipinski definition) is 3. The molecule has 0 aromatic carbocycles. The second-order valence-corrected chi connectivity index (χ2v) is 4.16. The summed E-state index contributed by atoms with van der Waals surface area (Å²) in [6.07, 6.45) is 1.44. The molecule has 0 radical (unpaired) electrons. The lowest BCUT2D eigenvalue weighted by Gasteiger charge is -2.23. The largest absolute Gasteiger partial charge is 0.368 e. The van der Waals surface area contributed by atoms with Gasteiger partial charge in [0.2, 0.25) is 11.9 Å². The Hall–Kier alpha value is -1.56. The Bertz CT molecular complexity index is 407. The summed E-state index contributed by atoms with van der Waals surface area (Å²) in [5.74, 6) is 0.283. The minimum absolute atomic E-state index is 0.327. The first kappa shape index (κ1) is 12.5. The van der Waals surface area contributed by atoms with E-state index in [4.69, 9.17) is 17.3 Å². The Labute approximate surface area is 98.6 Å². The number of nitrogens with two attached hydrogens (primary N) is 1. The Kier molecular flexibility index (Phi) is 3.54. The Morgan fingerprint density at radius 2 is 2.19 bits per heavy atom. The lowest BCUT2D eigenvalue weighted by molar-refractivity contribution is -0.121. The minimum atomic E-state index is -0.928. The molecule has 1 aromatic heterocycles. The molecule has 6 nitrogen and oxygen atoms in total. The van der Waals surface area contributed by atoms with Crippen LogP contribution in [-0.2, 0) is 4.79 Å². The van der Waals surface area contributed by atoms with Gasteiger partial charge in [-0.25, -0.2) is 4.98 Å². The van der Waals surface area contributed by atoms with Crippen molar-refractivity contribution in [1.82, 2.24) is 9.97 Å². The fraction of sp³-hybridized carbons (Fsp3) is 0.444. The van der Waals surface area contributed by atoms with Crippen LogP contribution in [0.2, 0.25) is 5.02 Å². The molecule has 0 bridgehead atoms. The van der Waals surface area contributed by atoms with Gasteiger partial charge in [-0.3, -0.25) is 4.79 Å². The van der Waals surface area contributed by atoms with Gasteiger partial charge in [0, 0.05) is 7.05 Å². The summed E-state index contributed by atoms with van der Waals surface area (Å²) in [5.41, 5.74) is 4.31. The van der Waals surface area contributed by atoms with Crippen LogP contribution in [0.1, 0.15) is 13.8 Å². The van der Waals surface area contributed by atoms with E-state index in [0.29, 0.717) is 16.8 Å². The molecule has 4 N–H and O–H groups in total. The number of halogens is 1. The smallest absolute Gasteiger partial charge is 0.242 e. The number of amides is 1. The van der Waals surface area contributed by atoms with Crippen LogP contribution in [0.15, 0.2) is 6.20 Å². The second kappa shape index (κ2) is 4.52. The van der Waals surface area contributed by atoms with E-state index in [2.05, 4.69) is 20.6 Å². The van der Waals surface area contributed by atoms with Crippen molar-refractivity contribution < 1.29 is 4.79 Å². The summed E-state index contributed by atoms with van der Waals surface area (Å²) < 4.78 is 0. The molecular weight excluding hydrogens is 230 g/mol. The van der Waals surface area contributed by atoms with E-state index < -0.39 is 11.4 Å². The predicted octanol–water partition coefficient (Wildman–Crippen LogP) is 0.847. The average molecular weight is 244 g/mol. The van der Waals surface area contributed by atoms with Crippen LogP contribution in [0.3, 0.4) is 0 Å². The van der Waals surface area contributed by atoms with Gasteiger partial charge in [-0.1, -0.05) is 11.6 Å². The molecule has 0 unspecified atom stereocenters. The van der Waals surface area contributed by atoms with Crippen LogP contribution >= 0.6 is 11.6 Å². The van der Waals surface area contributed by atoms with Crippen molar-refractivity contribution in [3.63, 3.8) is 0 Å². The van der Waals surface area contributed by atoms with E-state index in [-0.39, 0.29) is 0 Å². The van der Waals surface area contributed by atoms with Crippen molar-refractivity contribution >= 4 is 29.3 Å². The van der Waals surface area contributed by atoms with E-state index in [1.165, 1.54) is 6.20 Å². The van der Waals surface area contributed by atoms with Gasteiger partial charge < -0.3 is 16.4 Å².